The van der Waals surface area contributed by atoms with Crippen molar-refractivity contribution in [2.45, 2.75) is 25.3 Å². The molecule has 6 heteroatoms. The number of hydrogen-bond donors (Lipinski definition) is 1. The standard InChI is InChI=1S/C21H22N2O4/c1-27-17-9-7-16(8-10-17)21(15-5-3-2-4-6-15)22-18(24)13-14-23-19(25)11-12-20(23)26/h2-10,21H,11-14H2,1H3,(H,22,24)/t21-/m0/s1. The number of carbonyl (C=O) groups excluding carboxylic acids is 3. The smallest absolute Gasteiger partial charge is 0.229 e. The van der Waals surface area contributed by atoms with Gasteiger partial charge in [-0.2, -0.15) is 0 Å². The van der Waals surface area contributed by atoms with Crippen molar-refractivity contribution in [3.63, 3.8) is 0 Å². The van der Waals surface area contributed by atoms with Crippen molar-refractivity contribution >= 4 is 17.7 Å². The first-order chi connectivity index (χ1) is 13.1. The number of nitrogens with zero attached hydrogens (tertiary/aromatic N) is 1. The summed E-state index contributed by atoms with van der Waals surface area (Å²) in [5.41, 5.74) is 1.87. The molecule has 0 unspecified atom stereocenters. The van der Waals surface area contributed by atoms with Crippen molar-refractivity contribution in [2.75, 3.05) is 13.7 Å². The number of likely N-dealkylation sites (tertiary alicyclic amines) is 1. The molecule has 3 amide bonds. The molecule has 0 bridgehead atoms. The second-order valence-corrected chi connectivity index (χ2v) is 6.37. The highest BCUT2D eigenvalue weighted by Gasteiger charge is 2.29. The minimum absolute atomic E-state index is 0.0803. The van der Waals surface area contributed by atoms with Gasteiger partial charge in [0.15, 0.2) is 0 Å². The molecule has 140 valence electrons. The highest BCUT2D eigenvalue weighted by atomic mass is 16.5. The average Bonchev–Trinajstić information content (AvgIpc) is 3.03. The highest BCUT2D eigenvalue weighted by molar-refractivity contribution is 6.02. The van der Waals surface area contributed by atoms with Crippen molar-refractivity contribution in [3.05, 3.63) is 65.7 Å². The SMILES string of the molecule is COc1ccc([C@@H](NC(=O)CCN2C(=O)CCC2=O)c2ccccc2)cc1. The molecule has 0 spiro atoms. The molecule has 1 atom stereocenters. The first-order valence-electron chi connectivity index (χ1n) is 8.90. The van der Waals surface area contributed by atoms with Gasteiger partial charge in [-0.1, -0.05) is 42.5 Å². The van der Waals surface area contributed by atoms with Crippen LogP contribution < -0.4 is 10.1 Å². The molecule has 2 aromatic carbocycles. The van der Waals surface area contributed by atoms with Gasteiger partial charge in [-0.15, -0.1) is 0 Å². The summed E-state index contributed by atoms with van der Waals surface area (Å²) < 4.78 is 5.19. The number of ether oxygens (including phenoxy) is 1. The maximum Gasteiger partial charge on any atom is 0.229 e. The van der Waals surface area contributed by atoms with Gasteiger partial charge in [-0.25, -0.2) is 0 Å². The predicted molar refractivity (Wildman–Crippen MR) is 100.0 cm³/mol. The van der Waals surface area contributed by atoms with E-state index in [1.54, 1.807) is 7.11 Å². The van der Waals surface area contributed by atoms with E-state index in [0.717, 1.165) is 16.9 Å². The number of imide groups is 1. The lowest BCUT2D eigenvalue weighted by atomic mass is 9.98. The number of methoxy groups -OCH3 is 1. The van der Waals surface area contributed by atoms with E-state index >= 15 is 0 Å². The van der Waals surface area contributed by atoms with Crippen LogP contribution in [0.15, 0.2) is 54.6 Å². The Hall–Kier alpha value is -3.15. The van der Waals surface area contributed by atoms with Gasteiger partial charge in [0, 0.05) is 25.8 Å². The van der Waals surface area contributed by atoms with Crippen molar-refractivity contribution in [3.8, 4) is 5.75 Å². The van der Waals surface area contributed by atoms with Crippen molar-refractivity contribution < 1.29 is 19.1 Å². The van der Waals surface area contributed by atoms with Gasteiger partial charge in [0.1, 0.15) is 5.75 Å². The zero-order valence-electron chi connectivity index (χ0n) is 15.2. The van der Waals surface area contributed by atoms with Crippen molar-refractivity contribution in [1.29, 1.82) is 0 Å². The number of nitrogens with one attached hydrogen (secondary N) is 1. The molecule has 0 aromatic heterocycles. The predicted octanol–water partition coefficient (Wildman–Crippen LogP) is 2.44. The van der Waals surface area contributed by atoms with Gasteiger partial charge in [-0.3, -0.25) is 19.3 Å². The lowest BCUT2D eigenvalue weighted by Crippen LogP contribution is -2.35. The van der Waals surface area contributed by atoms with Crippen LogP contribution in [-0.4, -0.2) is 36.3 Å². The van der Waals surface area contributed by atoms with Gasteiger partial charge >= 0.3 is 0 Å². The molecule has 1 heterocycles. The van der Waals surface area contributed by atoms with Crippen molar-refractivity contribution in [2.24, 2.45) is 0 Å². The Labute approximate surface area is 158 Å². The van der Waals surface area contributed by atoms with Crippen LogP contribution in [-0.2, 0) is 14.4 Å². The lowest BCUT2D eigenvalue weighted by molar-refractivity contribution is -0.138. The molecule has 1 saturated heterocycles. The molecule has 1 aliphatic heterocycles. The molecule has 6 nitrogen and oxygen atoms in total. The highest BCUT2D eigenvalue weighted by Crippen LogP contribution is 2.24. The minimum atomic E-state index is -0.324. The van der Waals surface area contributed by atoms with E-state index in [1.165, 1.54) is 4.90 Å². The Morgan fingerprint density at radius 3 is 2.19 bits per heavy atom. The van der Waals surface area contributed by atoms with Gasteiger partial charge in [0.2, 0.25) is 17.7 Å². The van der Waals surface area contributed by atoms with Crippen LogP contribution in [0, 0.1) is 0 Å². The second kappa shape index (κ2) is 8.49. The summed E-state index contributed by atoms with van der Waals surface area (Å²) in [7, 11) is 1.60. The largest absolute Gasteiger partial charge is 0.497 e. The molecule has 3 rings (SSSR count). The van der Waals surface area contributed by atoms with E-state index in [1.807, 2.05) is 54.6 Å². The molecular formula is C21H22N2O4. The molecule has 1 N–H and O–H groups in total. The number of amides is 3. The van der Waals surface area contributed by atoms with E-state index < -0.39 is 0 Å². The van der Waals surface area contributed by atoms with Crippen LogP contribution in [0.3, 0.4) is 0 Å². The second-order valence-electron chi connectivity index (χ2n) is 6.37. The average molecular weight is 366 g/mol. The maximum atomic E-state index is 12.5. The maximum absolute atomic E-state index is 12.5. The van der Waals surface area contributed by atoms with Crippen LogP contribution >= 0.6 is 0 Å². The third kappa shape index (κ3) is 4.53. The van der Waals surface area contributed by atoms with Gasteiger partial charge in [0.25, 0.3) is 0 Å². The fourth-order valence-electron chi connectivity index (χ4n) is 3.12. The molecule has 0 aliphatic carbocycles. The van der Waals surface area contributed by atoms with E-state index in [9.17, 15) is 14.4 Å². The summed E-state index contributed by atoms with van der Waals surface area (Å²) in [4.78, 5) is 37.0. The van der Waals surface area contributed by atoms with Gasteiger partial charge < -0.3 is 10.1 Å². The lowest BCUT2D eigenvalue weighted by Gasteiger charge is -2.21. The number of rotatable bonds is 7. The van der Waals surface area contributed by atoms with Gasteiger partial charge in [-0.05, 0) is 23.3 Å². The third-order valence-corrected chi connectivity index (χ3v) is 4.60. The summed E-state index contributed by atoms with van der Waals surface area (Å²) in [5, 5.41) is 3.01. The topological polar surface area (TPSA) is 75.7 Å². The number of carbonyl (C=O) groups is 3. The number of hydrogen-bond acceptors (Lipinski definition) is 4. The van der Waals surface area contributed by atoms with Crippen LogP contribution in [0.1, 0.15) is 36.4 Å². The van der Waals surface area contributed by atoms with Crippen LogP contribution in [0.4, 0.5) is 0 Å². The van der Waals surface area contributed by atoms with Crippen molar-refractivity contribution in [1.82, 2.24) is 10.2 Å². The van der Waals surface area contributed by atoms with E-state index in [4.69, 9.17) is 4.74 Å². The number of benzene rings is 2. The first-order valence-corrected chi connectivity index (χ1v) is 8.90. The summed E-state index contributed by atoms with van der Waals surface area (Å²) >= 11 is 0. The van der Waals surface area contributed by atoms with E-state index in [-0.39, 0.29) is 49.6 Å². The van der Waals surface area contributed by atoms with E-state index in [2.05, 4.69) is 5.32 Å². The van der Waals surface area contributed by atoms with Crippen LogP contribution in [0.5, 0.6) is 5.75 Å². The molecule has 1 aliphatic rings. The molecule has 1 fully saturated rings. The summed E-state index contributed by atoms with van der Waals surface area (Å²) in [6, 6.07) is 16.8. The summed E-state index contributed by atoms with van der Waals surface area (Å²) in [6.45, 7) is 0.119. The molecule has 27 heavy (non-hydrogen) atoms. The Morgan fingerprint density at radius 1 is 1.00 bits per heavy atom. The third-order valence-electron chi connectivity index (χ3n) is 4.60. The fourth-order valence-corrected chi connectivity index (χ4v) is 3.12. The molecule has 0 radical (unpaired) electrons. The Bertz CT molecular complexity index is 802. The molecule has 2 aromatic rings. The normalized spacial score (nSPS) is 14.9. The summed E-state index contributed by atoms with van der Waals surface area (Å²) in [6.07, 6.45) is 0.550. The first kappa shape index (κ1) is 18.6. The Morgan fingerprint density at radius 2 is 1.59 bits per heavy atom. The Kier molecular flexibility index (Phi) is 5.86. The van der Waals surface area contributed by atoms with Gasteiger partial charge in [0.05, 0.1) is 13.2 Å². The summed E-state index contributed by atoms with van der Waals surface area (Å²) in [5.74, 6) is 0.111. The minimum Gasteiger partial charge on any atom is -0.497 e. The zero-order valence-corrected chi connectivity index (χ0v) is 15.2. The molecule has 0 saturated carbocycles. The molecular weight excluding hydrogens is 344 g/mol. The quantitative estimate of drug-likeness (QED) is 0.764. The monoisotopic (exact) mass is 366 g/mol. The van der Waals surface area contributed by atoms with E-state index in [0.29, 0.717) is 0 Å². The zero-order chi connectivity index (χ0) is 19.2. The van der Waals surface area contributed by atoms with Crippen LogP contribution in [0.2, 0.25) is 0 Å². The Balaban J connectivity index is 1.72. The fraction of sp³-hybridized carbons (Fsp3) is 0.286. The van der Waals surface area contributed by atoms with Crippen LogP contribution in [0.25, 0.3) is 0 Å².